The van der Waals surface area contributed by atoms with E-state index < -0.39 is 0 Å². The lowest BCUT2D eigenvalue weighted by molar-refractivity contribution is 0.0438. The maximum absolute atomic E-state index is 7.15. The van der Waals surface area contributed by atoms with Gasteiger partial charge < -0.3 is 10.5 Å². The number of hydrogen-bond acceptors (Lipinski definition) is 3. The number of ether oxygens (including phenoxy) is 1. The minimum Gasteiger partial charge on any atom is -0.387 e. The van der Waals surface area contributed by atoms with Crippen molar-refractivity contribution in [2.75, 3.05) is 33.4 Å². The van der Waals surface area contributed by atoms with Crippen LogP contribution in [0, 0.1) is 11.3 Å². The van der Waals surface area contributed by atoms with E-state index in [1.54, 1.807) is 0 Å². The van der Waals surface area contributed by atoms with Crippen LogP contribution in [0.2, 0.25) is 0 Å². The molecule has 1 fully saturated rings. The molecule has 0 saturated carbocycles. The first-order chi connectivity index (χ1) is 6.18. The topological polar surface area (TPSA) is 62.3 Å². The molecule has 76 valence electrons. The lowest BCUT2D eigenvalue weighted by Gasteiger charge is -2.26. The summed E-state index contributed by atoms with van der Waals surface area (Å²) in [6, 6.07) is 0. The largest absolute Gasteiger partial charge is 0.387 e. The number of nitrogens with zero attached hydrogens (tertiary/aromatic N) is 1. The summed E-state index contributed by atoms with van der Waals surface area (Å²) >= 11 is 0. The molecule has 3 N–H and O–H groups in total. The van der Waals surface area contributed by atoms with E-state index in [4.69, 9.17) is 15.9 Å². The summed E-state index contributed by atoms with van der Waals surface area (Å²) in [5.41, 5.74) is 5.31. The number of nitrogens with one attached hydrogen (secondary N) is 1. The lowest BCUT2D eigenvalue weighted by Crippen LogP contribution is -2.36. The maximum atomic E-state index is 7.15. The smallest absolute Gasteiger partial charge is 0.105 e. The zero-order valence-electron chi connectivity index (χ0n) is 8.25. The van der Waals surface area contributed by atoms with Gasteiger partial charge in [-0.25, -0.2) is 0 Å². The Bertz CT molecular complexity index is 166. The molecule has 0 bridgehead atoms. The van der Waals surface area contributed by atoms with Crippen molar-refractivity contribution in [3.8, 4) is 0 Å². The zero-order valence-corrected chi connectivity index (χ0v) is 8.25. The first-order valence-corrected chi connectivity index (χ1v) is 4.77. The molecule has 1 saturated heterocycles. The van der Waals surface area contributed by atoms with Crippen molar-refractivity contribution in [1.82, 2.24) is 4.90 Å². The summed E-state index contributed by atoms with van der Waals surface area (Å²) in [5, 5.41) is 7.15. The molecule has 0 aromatic heterocycles. The number of likely N-dealkylation sites (N-methyl/N-ethyl adjacent to an activating group) is 1. The highest BCUT2D eigenvalue weighted by Gasteiger charge is 2.15. The number of amidine groups is 1. The van der Waals surface area contributed by atoms with E-state index in [9.17, 15) is 0 Å². The minimum atomic E-state index is 0.235. The maximum Gasteiger partial charge on any atom is 0.105 e. The molecule has 1 unspecified atom stereocenters. The highest BCUT2D eigenvalue weighted by atomic mass is 16.5. The summed E-state index contributed by atoms with van der Waals surface area (Å²) < 4.78 is 5.38. The van der Waals surface area contributed by atoms with E-state index >= 15 is 0 Å². The highest BCUT2D eigenvalue weighted by molar-refractivity contribution is 5.78. The molecule has 1 rings (SSSR count). The fourth-order valence-electron chi connectivity index (χ4n) is 1.75. The van der Waals surface area contributed by atoms with Crippen molar-refractivity contribution in [2.24, 2.45) is 11.7 Å². The van der Waals surface area contributed by atoms with Crippen molar-refractivity contribution < 1.29 is 4.74 Å². The van der Waals surface area contributed by atoms with Crippen LogP contribution in [0.15, 0.2) is 0 Å². The molecular weight excluding hydrogens is 166 g/mol. The monoisotopic (exact) mass is 185 g/mol. The highest BCUT2D eigenvalue weighted by Crippen LogP contribution is 2.13. The molecule has 1 aliphatic rings. The summed E-state index contributed by atoms with van der Waals surface area (Å²) in [4.78, 5) is 2.08. The van der Waals surface area contributed by atoms with Crippen LogP contribution in [0.4, 0.5) is 0 Å². The fourth-order valence-corrected chi connectivity index (χ4v) is 1.75. The second-order valence-electron chi connectivity index (χ2n) is 3.81. The van der Waals surface area contributed by atoms with E-state index in [0.717, 1.165) is 19.8 Å². The van der Waals surface area contributed by atoms with Gasteiger partial charge in [0.05, 0.1) is 13.2 Å². The van der Waals surface area contributed by atoms with Crippen LogP contribution in [-0.4, -0.2) is 44.1 Å². The first kappa shape index (κ1) is 10.5. The van der Waals surface area contributed by atoms with Gasteiger partial charge in [0.25, 0.3) is 0 Å². The molecule has 0 radical (unpaired) electrons. The first-order valence-electron chi connectivity index (χ1n) is 4.77. The Balaban J connectivity index is 2.18. The van der Waals surface area contributed by atoms with Gasteiger partial charge in [-0.15, -0.1) is 0 Å². The Hall–Kier alpha value is -0.610. The third kappa shape index (κ3) is 4.24. The average molecular weight is 185 g/mol. The predicted octanol–water partition coefficient (Wildman–Crippen LogP) is 0.281. The molecule has 4 heteroatoms. The van der Waals surface area contributed by atoms with Crippen molar-refractivity contribution in [1.29, 1.82) is 5.41 Å². The van der Waals surface area contributed by atoms with Gasteiger partial charge in [-0.05, 0) is 25.8 Å². The normalized spacial score (nSPS) is 23.4. The van der Waals surface area contributed by atoms with E-state index in [1.165, 1.54) is 12.8 Å². The Kier molecular flexibility index (Phi) is 4.18. The van der Waals surface area contributed by atoms with Crippen LogP contribution < -0.4 is 5.73 Å². The number of rotatable bonds is 4. The summed E-state index contributed by atoms with van der Waals surface area (Å²) in [6.07, 6.45) is 2.40. The van der Waals surface area contributed by atoms with Crippen LogP contribution in [-0.2, 0) is 4.74 Å². The van der Waals surface area contributed by atoms with Gasteiger partial charge in [-0.1, -0.05) is 0 Å². The molecule has 0 amide bonds. The molecule has 0 spiro atoms. The van der Waals surface area contributed by atoms with Crippen molar-refractivity contribution in [3.05, 3.63) is 0 Å². The predicted molar refractivity (Wildman–Crippen MR) is 53.0 cm³/mol. The van der Waals surface area contributed by atoms with Gasteiger partial charge in [-0.2, -0.15) is 0 Å². The van der Waals surface area contributed by atoms with Crippen LogP contribution in [0.5, 0.6) is 0 Å². The van der Waals surface area contributed by atoms with Gasteiger partial charge in [-0.3, -0.25) is 10.3 Å². The minimum absolute atomic E-state index is 0.235. The standard InChI is InChI=1S/C9H19N3O/c1-12(6-9(10)11)5-8-3-2-4-13-7-8/h8H,2-7H2,1H3,(H3,10,11). The van der Waals surface area contributed by atoms with Crippen molar-refractivity contribution in [2.45, 2.75) is 12.8 Å². The van der Waals surface area contributed by atoms with Gasteiger partial charge in [0.15, 0.2) is 0 Å². The third-order valence-electron chi connectivity index (χ3n) is 2.26. The number of nitrogens with two attached hydrogens (primary N) is 1. The SMILES string of the molecule is CN(CC(=N)N)CC1CCCOC1. The Labute approximate surface area is 79.6 Å². The second-order valence-corrected chi connectivity index (χ2v) is 3.81. The van der Waals surface area contributed by atoms with Gasteiger partial charge in [0, 0.05) is 13.2 Å². The Morgan fingerprint density at radius 3 is 3.00 bits per heavy atom. The average Bonchev–Trinajstić information content (AvgIpc) is 2.04. The molecule has 1 atom stereocenters. The van der Waals surface area contributed by atoms with E-state index in [2.05, 4.69) is 4.90 Å². The van der Waals surface area contributed by atoms with Crippen molar-refractivity contribution >= 4 is 5.84 Å². The van der Waals surface area contributed by atoms with Crippen LogP contribution >= 0.6 is 0 Å². The molecule has 0 aromatic carbocycles. The van der Waals surface area contributed by atoms with Crippen LogP contribution in [0.1, 0.15) is 12.8 Å². The molecular formula is C9H19N3O. The third-order valence-corrected chi connectivity index (χ3v) is 2.26. The van der Waals surface area contributed by atoms with Gasteiger partial charge in [0.2, 0.25) is 0 Å². The summed E-state index contributed by atoms with van der Waals surface area (Å²) in [7, 11) is 2.00. The zero-order chi connectivity index (χ0) is 9.68. The molecule has 0 aliphatic carbocycles. The second kappa shape index (κ2) is 5.19. The van der Waals surface area contributed by atoms with Crippen LogP contribution in [0.3, 0.4) is 0 Å². The van der Waals surface area contributed by atoms with Crippen molar-refractivity contribution in [3.63, 3.8) is 0 Å². The van der Waals surface area contributed by atoms with E-state index in [-0.39, 0.29) is 5.84 Å². The molecule has 13 heavy (non-hydrogen) atoms. The quantitative estimate of drug-likeness (QED) is 0.488. The Morgan fingerprint density at radius 2 is 2.46 bits per heavy atom. The van der Waals surface area contributed by atoms with Gasteiger partial charge >= 0.3 is 0 Å². The van der Waals surface area contributed by atoms with Crippen LogP contribution in [0.25, 0.3) is 0 Å². The van der Waals surface area contributed by atoms with Gasteiger partial charge in [0.1, 0.15) is 5.84 Å². The molecule has 1 heterocycles. The van der Waals surface area contributed by atoms with E-state index in [0.29, 0.717) is 12.5 Å². The van der Waals surface area contributed by atoms with E-state index in [1.807, 2.05) is 7.05 Å². The molecule has 4 nitrogen and oxygen atoms in total. The summed E-state index contributed by atoms with van der Waals surface area (Å²) in [6.45, 7) is 3.32. The summed E-state index contributed by atoms with van der Waals surface area (Å²) in [5.74, 6) is 0.859. The number of hydrogen-bond donors (Lipinski definition) is 2. The Morgan fingerprint density at radius 1 is 1.69 bits per heavy atom. The molecule has 1 aliphatic heterocycles. The lowest BCUT2D eigenvalue weighted by atomic mass is 10.0. The fraction of sp³-hybridized carbons (Fsp3) is 0.889. The molecule has 0 aromatic rings.